The predicted molar refractivity (Wildman–Crippen MR) is 89.8 cm³/mol. The molecular formula is C17H23NO3S. The lowest BCUT2D eigenvalue weighted by Gasteiger charge is -2.22. The second-order valence-electron chi connectivity index (χ2n) is 5.12. The van der Waals surface area contributed by atoms with Gasteiger partial charge in [-0.15, -0.1) is 11.3 Å². The molecule has 0 radical (unpaired) electrons. The van der Waals surface area contributed by atoms with Gasteiger partial charge in [0, 0.05) is 35.0 Å². The van der Waals surface area contributed by atoms with Crippen molar-refractivity contribution in [3.8, 4) is 11.5 Å². The van der Waals surface area contributed by atoms with E-state index in [4.69, 9.17) is 9.47 Å². The molecule has 1 N–H and O–H groups in total. The van der Waals surface area contributed by atoms with Crippen LogP contribution in [-0.2, 0) is 13.1 Å². The summed E-state index contributed by atoms with van der Waals surface area (Å²) in [7, 11) is 3.33. The summed E-state index contributed by atoms with van der Waals surface area (Å²) in [5, 5.41) is 9.33. The Morgan fingerprint density at radius 1 is 1.09 bits per heavy atom. The van der Waals surface area contributed by atoms with E-state index in [-0.39, 0.29) is 6.61 Å². The maximum absolute atomic E-state index is 9.33. The number of rotatable bonds is 8. The summed E-state index contributed by atoms with van der Waals surface area (Å²) in [4.78, 5) is 4.81. The van der Waals surface area contributed by atoms with Gasteiger partial charge in [0.1, 0.15) is 11.5 Å². The van der Waals surface area contributed by atoms with Crippen molar-refractivity contribution >= 4 is 11.3 Å². The Balaban J connectivity index is 2.16. The Hall–Kier alpha value is -1.56. The molecule has 2 aromatic rings. The molecule has 0 saturated carbocycles. The van der Waals surface area contributed by atoms with Crippen LogP contribution in [0.4, 0.5) is 0 Å². The smallest absolute Gasteiger partial charge is 0.123 e. The molecular weight excluding hydrogens is 298 g/mol. The van der Waals surface area contributed by atoms with Crippen molar-refractivity contribution in [2.45, 2.75) is 20.0 Å². The van der Waals surface area contributed by atoms with Gasteiger partial charge in [-0.3, -0.25) is 4.90 Å². The molecule has 120 valence electrons. The minimum atomic E-state index is 0.136. The van der Waals surface area contributed by atoms with Crippen LogP contribution in [0.25, 0.3) is 0 Å². The van der Waals surface area contributed by atoms with E-state index < -0.39 is 0 Å². The second-order valence-corrected chi connectivity index (χ2v) is 6.50. The molecule has 1 aromatic carbocycles. The molecule has 0 saturated heterocycles. The molecule has 0 aliphatic heterocycles. The summed E-state index contributed by atoms with van der Waals surface area (Å²) in [6, 6.07) is 10.1. The number of hydrogen-bond donors (Lipinski definition) is 1. The lowest BCUT2D eigenvalue weighted by Crippen LogP contribution is -2.26. The van der Waals surface area contributed by atoms with Gasteiger partial charge in [0.15, 0.2) is 0 Å². The van der Waals surface area contributed by atoms with Gasteiger partial charge in [-0.25, -0.2) is 0 Å². The van der Waals surface area contributed by atoms with Gasteiger partial charge in [0.2, 0.25) is 0 Å². The van der Waals surface area contributed by atoms with E-state index in [1.165, 1.54) is 9.75 Å². The quantitative estimate of drug-likeness (QED) is 0.811. The topological polar surface area (TPSA) is 41.9 Å². The highest BCUT2D eigenvalue weighted by molar-refractivity contribution is 7.11. The molecule has 0 amide bonds. The Labute approximate surface area is 135 Å². The van der Waals surface area contributed by atoms with Crippen LogP contribution >= 0.6 is 11.3 Å². The molecule has 0 spiro atoms. The SMILES string of the molecule is COc1ccc(OC)c(CN(CCO)Cc2ccc(C)s2)c1. The third kappa shape index (κ3) is 4.47. The summed E-state index contributed by atoms with van der Waals surface area (Å²) >= 11 is 1.79. The number of aryl methyl sites for hydroxylation is 1. The summed E-state index contributed by atoms with van der Waals surface area (Å²) in [6.07, 6.45) is 0. The van der Waals surface area contributed by atoms with Crippen molar-refractivity contribution in [3.05, 3.63) is 45.6 Å². The Bertz CT molecular complexity index is 597. The van der Waals surface area contributed by atoms with Gasteiger partial charge in [0.05, 0.1) is 20.8 Å². The van der Waals surface area contributed by atoms with Gasteiger partial charge >= 0.3 is 0 Å². The first kappa shape index (κ1) is 16.8. The predicted octanol–water partition coefficient (Wildman–Crippen LogP) is 3.07. The largest absolute Gasteiger partial charge is 0.497 e. The van der Waals surface area contributed by atoms with Gasteiger partial charge in [-0.05, 0) is 37.3 Å². The summed E-state index contributed by atoms with van der Waals surface area (Å²) in [6.45, 7) is 4.39. The van der Waals surface area contributed by atoms with Gasteiger partial charge in [-0.1, -0.05) is 0 Å². The van der Waals surface area contributed by atoms with Crippen LogP contribution in [0, 0.1) is 6.92 Å². The number of aliphatic hydroxyl groups is 1. The summed E-state index contributed by atoms with van der Waals surface area (Å²) in [5.74, 6) is 1.65. The first-order valence-corrected chi connectivity index (χ1v) is 8.07. The van der Waals surface area contributed by atoms with Crippen LogP contribution in [0.15, 0.2) is 30.3 Å². The van der Waals surface area contributed by atoms with Crippen molar-refractivity contribution in [2.75, 3.05) is 27.4 Å². The zero-order chi connectivity index (χ0) is 15.9. The van der Waals surface area contributed by atoms with E-state index in [0.29, 0.717) is 13.1 Å². The van der Waals surface area contributed by atoms with E-state index in [9.17, 15) is 5.11 Å². The zero-order valence-electron chi connectivity index (χ0n) is 13.3. The molecule has 0 aliphatic carbocycles. The number of benzene rings is 1. The van der Waals surface area contributed by atoms with Crippen LogP contribution in [0.1, 0.15) is 15.3 Å². The highest BCUT2D eigenvalue weighted by Gasteiger charge is 2.12. The molecule has 1 aromatic heterocycles. The highest BCUT2D eigenvalue weighted by atomic mass is 32.1. The number of nitrogens with zero attached hydrogens (tertiary/aromatic N) is 1. The fourth-order valence-corrected chi connectivity index (χ4v) is 3.33. The fraction of sp³-hybridized carbons (Fsp3) is 0.412. The van der Waals surface area contributed by atoms with Crippen LogP contribution < -0.4 is 9.47 Å². The number of methoxy groups -OCH3 is 2. The molecule has 0 atom stereocenters. The highest BCUT2D eigenvalue weighted by Crippen LogP contribution is 2.26. The number of thiophene rings is 1. The Morgan fingerprint density at radius 2 is 1.91 bits per heavy atom. The molecule has 0 unspecified atom stereocenters. The first-order chi connectivity index (χ1) is 10.7. The minimum absolute atomic E-state index is 0.136. The second kappa shape index (κ2) is 8.17. The lowest BCUT2D eigenvalue weighted by molar-refractivity contribution is 0.184. The molecule has 0 bridgehead atoms. The molecule has 0 aliphatic rings. The van der Waals surface area contributed by atoms with Crippen LogP contribution in [0.5, 0.6) is 11.5 Å². The van der Waals surface area contributed by atoms with Crippen molar-refractivity contribution in [3.63, 3.8) is 0 Å². The van der Waals surface area contributed by atoms with E-state index in [1.807, 2.05) is 18.2 Å². The fourth-order valence-electron chi connectivity index (χ4n) is 2.39. The number of aliphatic hydroxyl groups excluding tert-OH is 1. The summed E-state index contributed by atoms with van der Waals surface area (Å²) in [5.41, 5.74) is 1.06. The van der Waals surface area contributed by atoms with E-state index in [2.05, 4.69) is 24.0 Å². The third-order valence-electron chi connectivity index (χ3n) is 3.47. The third-order valence-corrected chi connectivity index (χ3v) is 4.46. The van der Waals surface area contributed by atoms with Crippen molar-refractivity contribution in [1.29, 1.82) is 0 Å². The molecule has 1 heterocycles. The molecule has 2 rings (SSSR count). The average Bonchev–Trinajstić information content (AvgIpc) is 2.92. The average molecular weight is 321 g/mol. The molecule has 5 heteroatoms. The minimum Gasteiger partial charge on any atom is -0.497 e. The van der Waals surface area contributed by atoms with Gasteiger partial charge in [-0.2, -0.15) is 0 Å². The van der Waals surface area contributed by atoms with E-state index >= 15 is 0 Å². The van der Waals surface area contributed by atoms with Gasteiger partial charge < -0.3 is 14.6 Å². The van der Waals surface area contributed by atoms with Crippen LogP contribution in [0.3, 0.4) is 0 Å². The van der Waals surface area contributed by atoms with Crippen molar-refractivity contribution in [2.24, 2.45) is 0 Å². The lowest BCUT2D eigenvalue weighted by atomic mass is 10.1. The van der Waals surface area contributed by atoms with E-state index in [1.54, 1.807) is 25.6 Å². The zero-order valence-corrected chi connectivity index (χ0v) is 14.2. The number of ether oxygens (including phenoxy) is 2. The molecule has 0 fully saturated rings. The normalized spacial score (nSPS) is 11.0. The monoisotopic (exact) mass is 321 g/mol. The maximum Gasteiger partial charge on any atom is 0.123 e. The van der Waals surface area contributed by atoms with Crippen LogP contribution in [-0.4, -0.2) is 37.4 Å². The summed E-state index contributed by atoms with van der Waals surface area (Å²) < 4.78 is 10.7. The van der Waals surface area contributed by atoms with Crippen LogP contribution in [0.2, 0.25) is 0 Å². The maximum atomic E-state index is 9.33. The van der Waals surface area contributed by atoms with Crippen molar-refractivity contribution in [1.82, 2.24) is 4.90 Å². The molecule has 4 nitrogen and oxygen atoms in total. The number of hydrogen-bond acceptors (Lipinski definition) is 5. The first-order valence-electron chi connectivity index (χ1n) is 7.25. The molecule has 22 heavy (non-hydrogen) atoms. The van der Waals surface area contributed by atoms with Gasteiger partial charge in [0.25, 0.3) is 0 Å². The van der Waals surface area contributed by atoms with Crippen molar-refractivity contribution < 1.29 is 14.6 Å². The Kier molecular flexibility index (Phi) is 6.24. The standard InChI is InChI=1S/C17H23NO3S/c1-13-4-6-16(22-13)12-18(8-9-19)11-14-10-15(20-2)5-7-17(14)21-3/h4-7,10,19H,8-9,11-12H2,1-3H3. The van der Waals surface area contributed by atoms with E-state index in [0.717, 1.165) is 23.6 Å². The Morgan fingerprint density at radius 3 is 2.50 bits per heavy atom.